The van der Waals surface area contributed by atoms with Gasteiger partial charge in [0.25, 0.3) is 0 Å². The van der Waals surface area contributed by atoms with Crippen molar-refractivity contribution in [2.45, 2.75) is 6.61 Å². The Bertz CT molecular complexity index is 283. The first-order valence-corrected chi connectivity index (χ1v) is 3.43. The average molecular weight is 184 g/mol. The van der Waals surface area contributed by atoms with Gasteiger partial charge in [-0.1, -0.05) is 0 Å². The fourth-order valence-corrected chi connectivity index (χ4v) is 0.674. The highest BCUT2D eigenvalue weighted by atomic mass is 16.7. The molecule has 1 rings (SSSR count). The number of carbonyl (C=O) groups is 2. The van der Waals surface area contributed by atoms with Gasteiger partial charge in [-0.2, -0.15) is 0 Å². The molecule has 0 saturated heterocycles. The molecule has 2 N–H and O–H groups in total. The van der Waals surface area contributed by atoms with E-state index in [1.54, 1.807) is 12.1 Å². The van der Waals surface area contributed by atoms with Crippen molar-refractivity contribution < 1.29 is 18.8 Å². The summed E-state index contributed by atoms with van der Waals surface area (Å²) in [4.78, 5) is 25.3. The van der Waals surface area contributed by atoms with E-state index in [1.807, 2.05) is 0 Å². The lowest BCUT2D eigenvalue weighted by Gasteiger charge is -2.09. The zero-order valence-electron chi connectivity index (χ0n) is 6.67. The first-order valence-electron chi connectivity index (χ1n) is 3.43. The van der Waals surface area contributed by atoms with Crippen LogP contribution in [0, 0.1) is 0 Å². The van der Waals surface area contributed by atoms with E-state index >= 15 is 0 Å². The van der Waals surface area contributed by atoms with E-state index in [-0.39, 0.29) is 13.0 Å². The van der Waals surface area contributed by atoms with Crippen molar-refractivity contribution in [3.05, 3.63) is 24.2 Å². The third-order valence-electron chi connectivity index (χ3n) is 1.24. The van der Waals surface area contributed by atoms with Gasteiger partial charge in [0.05, 0.1) is 6.26 Å². The highest BCUT2D eigenvalue weighted by Gasteiger charge is 2.09. The predicted molar refractivity (Wildman–Crippen MR) is 41.0 cm³/mol. The van der Waals surface area contributed by atoms with Crippen LogP contribution in [0.25, 0.3) is 0 Å². The summed E-state index contributed by atoms with van der Waals surface area (Å²) in [7, 11) is 0. The van der Waals surface area contributed by atoms with Crippen molar-refractivity contribution >= 4 is 12.4 Å². The second kappa shape index (κ2) is 4.27. The fourth-order valence-electron chi connectivity index (χ4n) is 0.674. The van der Waals surface area contributed by atoms with Crippen LogP contribution in [0.5, 0.6) is 0 Å². The molecular formula is C7H8N2O4. The number of nitrogens with two attached hydrogens (primary N) is 1. The quantitative estimate of drug-likeness (QED) is 0.536. The topological polar surface area (TPSA) is 85.8 Å². The minimum atomic E-state index is -0.971. The van der Waals surface area contributed by atoms with Gasteiger partial charge >= 0.3 is 6.03 Å². The maximum absolute atomic E-state index is 10.5. The number of rotatable bonds is 4. The molecular weight excluding hydrogens is 176 g/mol. The summed E-state index contributed by atoms with van der Waals surface area (Å²) in [6.45, 7) is -0.0192. The second-order valence-corrected chi connectivity index (χ2v) is 2.12. The van der Waals surface area contributed by atoms with Gasteiger partial charge in [-0.15, -0.1) is 5.06 Å². The lowest BCUT2D eigenvalue weighted by Crippen LogP contribution is -2.34. The van der Waals surface area contributed by atoms with Crippen molar-refractivity contribution in [2.24, 2.45) is 5.73 Å². The Kier molecular flexibility index (Phi) is 3.04. The van der Waals surface area contributed by atoms with E-state index in [2.05, 4.69) is 0 Å². The van der Waals surface area contributed by atoms with Gasteiger partial charge in [0, 0.05) is 0 Å². The van der Waals surface area contributed by atoms with Gasteiger partial charge in [0.2, 0.25) is 6.41 Å². The van der Waals surface area contributed by atoms with E-state index in [4.69, 9.17) is 15.0 Å². The minimum absolute atomic E-state index is 0.0192. The van der Waals surface area contributed by atoms with Gasteiger partial charge in [0.1, 0.15) is 12.4 Å². The minimum Gasteiger partial charge on any atom is -0.467 e. The SMILES string of the molecule is NC(=O)N(C=O)OCc1ccco1. The maximum atomic E-state index is 10.5. The molecule has 0 aliphatic carbocycles. The summed E-state index contributed by atoms with van der Waals surface area (Å²) in [5.41, 5.74) is 4.79. The number of urea groups is 1. The molecule has 0 radical (unpaired) electrons. The molecule has 0 unspecified atom stereocenters. The van der Waals surface area contributed by atoms with E-state index < -0.39 is 6.03 Å². The summed E-state index contributed by atoms with van der Waals surface area (Å²) in [5, 5.41) is 0.391. The van der Waals surface area contributed by atoms with Gasteiger partial charge in [-0.25, -0.2) is 4.79 Å². The first-order chi connectivity index (χ1) is 6.24. The van der Waals surface area contributed by atoms with Crippen LogP contribution in [0.4, 0.5) is 4.79 Å². The van der Waals surface area contributed by atoms with Crippen LogP contribution < -0.4 is 5.73 Å². The van der Waals surface area contributed by atoms with Crippen LogP contribution >= 0.6 is 0 Å². The van der Waals surface area contributed by atoms with Gasteiger partial charge in [0.15, 0.2) is 0 Å². The molecule has 1 aromatic rings. The molecule has 0 spiro atoms. The standard InChI is InChI=1S/C7H8N2O4/c8-7(11)9(5-10)13-4-6-2-1-3-12-6/h1-3,5H,4H2,(H2,8,11). The Morgan fingerprint density at radius 2 is 2.54 bits per heavy atom. The molecule has 0 aromatic carbocycles. The largest absolute Gasteiger partial charge is 0.467 e. The van der Waals surface area contributed by atoms with Crippen molar-refractivity contribution in [1.82, 2.24) is 5.06 Å². The Morgan fingerprint density at radius 1 is 1.77 bits per heavy atom. The number of carbonyl (C=O) groups excluding carboxylic acids is 2. The maximum Gasteiger partial charge on any atom is 0.345 e. The van der Waals surface area contributed by atoms with Gasteiger partial charge in [-0.05, 0) is 12.1 Å². The lowest BCUT2D eigenvalue weighted by atomic mass is 10.5. The van der Waals surface area contributed by atoms with Crippen LogP contribution in [-0.4, -0.2) is 17.5 Å². The second-order valence-electron chi connectivity index (χ2n) is 2.12. The predicted octanol–water partition coefficient (Wildman–Crippen LogP) is 0.248. The molecule has 1 heterocycles. The van der Waals surface area contributed by atoms with Gasteiger partial charge in [-0.3, -0.25) is 9.63 Å². The van der Waals surface area contributed by atoms with E-state index in [0.29, 0.717) is 10.8 Å². The molecule has 0 fully saturated rings. The van der Waals surface area contributed by atoms with Crippen molar-refractivity contribution in [3.63, 3.8) is 0 Å². The van der Waals surface area contributed by atoms with Crippen LogP contribution in [0.3, 0.4) is 0 Å². The molecule has 0 aliphatic heterocycles. The zero-order valence-corrected chi connectivity index (χ0v) is 6.67. The normalized spacial score (nSPS) is 9.54. The smallest absolute Gasteiger partial charge is 0.345 e. The molecule has 0 aliphatic rings. The van der Waals surface area contributed by atoms with Crippen LogP contribution in [-0.2, 0) is 16.2 Å². The fraction of sp³-hybridized carbons (Fsp3) is 0.143. The number of furan rings is 1. The third-order valence-corrected chi connectivity index (χ3v) is 1.24. The highest BCUT2D eigenvalue weighted by Crippen LogP contribution is 2.02. The molecule has 6 heteroatoms. The molecule has 0 bridgehead atoms. The van der Waals surface area contributed by atoms with Crippen molar-refractivity contribution in [3.8, 4) is 0 Å². The third kappa shape index (κ3) is 2.60. The number of hydroxylamine groups is 2. The number of primary amides is 1. The number of nitrogens with zero attached hydrogens (tertiary/aromatic N) is 1. The van der Waals surface area contributed by atoms with Crippen molar-refractivity contribution in [2.75, 3.05) is 0 Å². The van der Waals surface area contributed by atoms with Crippen LogP contribution in [0.2, 0.25) is 0 Å². The monoisotopic (exact) mass is 184 g/mol. The molecule has 3 amide bonds. The average Bonchev–Trinajstić information content (AvgIpc) is 2.57. The van der Waals surface area contributed by atoms with Crippen LogP contribution in [0.15, 0.2) is 22.8 Å². The Labute approximate surface area is 73.8 Å². The zero-order chi connectivity index (χ0) is 9.68. The Morgan fingerprint density at radius 3 is 3.00 bits per heavy atom. The van der Waals surface area contributed by atoms with Gasteiger partial charge < -0.3 is 10.2 Å². The number of amides is 3. The molecule has 13 heavy (non-hydrogen) atoms. The summed E-state index contributed by atoms with van der Waals surface area (Å²) in [6.07, 6.45) is 1.64. The van der Waals surface area contributed by atoms with E-state index in [9.17, 15) is 9.59 Å². The number of imide groups is 1. The molecule has 0 saturated carbocycles. The molecule has 1 aromatic heterocycles. The molecule has 70 valence electrons. The summed E-state index contributed by atoms with van der Waals surface area (Å²) in [6, 6.07) is 2.33. The van der Waals surface area contributed by atoms with E-state index in [0.717, 1.165) is 0 Å². The number of hydrogen-bond donors (Lipinski definition) is 1. The molecule has 6 nitrogen and oxygen atoms in total. The van der Waals surface area contributed by atoms with Crippen molar-refractivity contribution in [1.29, 1.82) is 0 Å². The highest BCUT2D eigenvalue weighted by molar-refractivity contribution is 5.81. The van der Waals surface area contributed by atoms with Crippen LogP contribution in [0.1, 0.15) is 5.76 Å². The summed E-state index contributed by atoms with van der Waals surface area (Å²) in [5.74, 6) is 0.494. The lowest BCUT2D eigenvalue weighted by molar-refractivity contribution is -0.158. The first kappa shape index (κ1) is 9.27. The summed E-state index contributed by atoms with van der Waals surface area (Å²) >= 11 is 0. The Balaban J connectivity index is 2.41. The number of hydrogen-bond acceptors (Lipinski definition) is 4. The molecule has 0 atom stereocenters. The summed E-state index contributed by atoms with van der Waals surface area (Å²) < 4.78 is 4.89. The van der Waals surface area contributed by atoms with E-state index in [1.165, 1.54) is 6.26 Å². The Hall–Kier alpha value is -1.82.